The van der Waals surface area contributed by atoms with Gasteiger partial charge < -0.3 is 5.32 Å². The van der Waals surface area contributed by atoms with Gasteiger partial charge in [0.2, 0.25) is 0 Å². The molecule has 0 fully saturated rings. The molecule has 0 aliphatic heterocycles. The van der Waals surface area contributed by atoms with Crippen molar-refractivity contribution in [1.82, 2.24) is 4.98 Å². The Hall–Kier alpha value is -3.05. The number of anilines is 1. The summed E-state index contributed by atoms with van der Waals surface area (Å²) in [7, 11) is 0. The molecule has 0 radical (unpaired) electrons. The van der Waals surface area contributed by atoms with E-state index >= 15 is 0 Å². The molecule has 0 amide bonds. The molecule has 0 saturated carbocycles. The minimum Gasteiger partial charge on any atom is -0.353 e. The van der Waals surface area contributed by atoms with Gasteiger partial charge in [-0.05, 0) is 36.8 Å². The van der Waals surface area contributed by atoms with E-state index in [0.29, 0.717) is 0 Å². The fraction of sp³-hybridized carbons (Fsp3) is 0.0952. The molecule has 3 rings (SSSR count). The van der Waals surface area contributed by atoms with E-state index in [-0.39, 0.29) is 6.04 Å². The Kier molecular flexibility index (Phi) is 4.71. The lowest BCUT2D eigenvalue weighted by Crippen LogP contribution is -2.09. The molecule has 1 heterocycles. The van der Waals surface area contributed by atoms with E-state index in [1.165, 1.54) is 5.56 Å². The molecule has 0 bridgehead atoms. The van der Waals surface area contributed by atoms with Gasteiger partial charge in [-0.2, -0.15) is 0 Å². The van der Waals surface area contributed by atoms with Crippen molar-refractivity contribution >= 4 is 5.82 Å². The zero-order valence-corrected chi connectivity index (χ0v) is 13.0. The fourth-order valence-electron chi connectivity index (χ4n) is 2.24. The van der Waals surface area contributed by atoms with Gasteiger partial charge in [0.1, 0.15) is 11.9 Å². The van der Waals surface area contributed by atoms with Crippen LogP contribution in [0.4, 0.5) is 5.82 Å². The van der Waals surface area contributed by atoms with Crippen molar-refractivity contribution in [2.75, 3.05) is 5.32 Å². The quantitative estimate of drug-likeness (QED) is 0.715. The second kappa shape index (κ2) is 7.29. The van der Waals surface area contributed by atoms with Crippen molar-refractivity contribution in [2.45, 2.75) is 13.0 Å². The number of rotatable bonds is 3. The molecule has 2 aromatic carbocycles. The van der Waals surface area contributed by atoms with Crippen LogP contribution in [-0.4, -0.2) is 4.98 Å². The Morgan fingerprint density at radius 2 is 1.61 bits per heavy atom. The third-order valence-corrected chi connectivity index (χ3v) is 3.50. The maximum Gasteiger partial charge on any atom is 0.127 e. The van der Waals surface area contributed by atoms with E-state index in [0.717, 1.165) is 16.9 Å². The van der Waals surface area contributed by atoms with Crippen LogP contribution < -0.4 is 5.32 Å². The SMILES string of the molecule is Cc1ccc(C#CC(Nc2ccccn2)c2ccccc2)cc1. The Balaban J connectivity index is 1.88. The zero-order chi connectivity index (χ0) is 15.9. The molecule has 0 aliphatic rings. The molecule has 1 N–H and O–H groups in total. The molecule has 1 aromatic heterocycles. The maximum atomic E-state index is 4.33. The van der Waals surface area contributed by atoms with Crippen LogP contribution in [0.5, 0.6) is 0 Å². The molecule has 23 heavy (non-hydrogen) atoms. The van der Waals surface area contributed by atoms with Crippen LogP contribution in [0.1, 0.15) is 22.7 Å². The molecule has 0 spiro atoms. The number of hydrogen-bond donors (Lipinski definition) is 1. The monoisotopic (exact) mass is 298 g/mol. The first kappa shape index (κ1) is 14.9. The summed E-state index contributed by atoms with van der Waals surface area (Å²) in [5.41, 5.74) is 3.37. The number of nitrogens with zero attached hydrogens (tertiary/aromatic N) is 1. The fourth-order valence-corrected chi connectivity index (χ4v) is 2.24. The molecule has 0 aliphatic carbocycles. The Morgan fingerprint density at radius 1 is 0.870 bits per heavy atom. The number of aryl methyl sites for hydroxylation is 1. The first-order valence-electron chi connectivity index (χ1n) is 7.62. The summed E-state index contributed by atoms with van der Waals surface area (Å²) < 4.78 is 0. The summed E-state index contributed by atoms with van der Waals surface area (Å²) in [5, 5.41) is 3.39. The number of aromatic nitrogens is 1. The number of nitrogens with one attached hydrogen (secondary N) is 1. The van der Waals surface area contributed by atoms with Crippen LogP contribution in [0.3, 0.4) is 0 Å². The van der Waals surface area contributed by atoms with E-state index in [1.54, 1.807) is 6.20 Å². The van der Waals surface area contributed by atoms with E-state index < -0.39 is 0 Å². The van der Waals surface area contributed by atoms with E-state index in [9.17, 15) is 0 Å². The molecule has 112 valence electrons. The van der Waals surface area contributed by atoms with Gasteiger partial charge in [-0.25, -0.2) is 4.98 Å². The first-order valence-corrected chi connectivity index (χ1v) is 7.62. The lowest BCUT2D eigenvalue weighted by Gasteiger charge is -2.14. The van der Waals surface area contributed by atoms with Crippen molar-refractivity contribution in [3.8, 4) is 11.8 Å². The molecular weight excluding hydrogens is 280 g/mol. The number of benzene rings is 2. The third kappa shape index (κ3) is 4.21. The van der Waals surface area contributed by atoms with E-state index in [4.69, 9.17) is 0 Å². The maximum absolute atomic E-state index is 4.33. The first-order chi connectivity index (χ1) is 11.3. The van der Waals surface area contributed by atoms with Gasteiger partial charge in [0, 0.05) is 11.8 Å². The molecule has 2 nitrogen and oxygen atoms in total. The molecule has 1 unspecified atom stereocenters. The highest BCUT2D eigenvalue weighted by Crippen LogP contribution is 2.17. The summed E-state index contributed by atoms with van der Waals surface area (Å²) in [6.45, 7) is 2.08. The largest absolute Gasteiger partial charge is 0.353 e. The van der Waals surface area contributed by atoms with Crippen LogP contribution in [-0.2, 0) is 0 Å². The molecule has 0 saturated heterocycles. The second-order valence-electron chi connectivity index (χ2n) is 5.34. The number of pyridine rings is 1. The van der Waals surface area contributed by atoms with E-state index in [1.807, 2.05) is 48.5 Å². The van der Waals surface area contributed by atoms with Gasteiger partial charge in [0.05, 0.1) is 0 Å². The highest BCUT2D eigenvalue weighted by Gasteiger charge is 2.08. The second-order valence-corrected chi connectivity index (χ2v) is 5.34. The van der Waals surface area contributed by atoms with Gasteiger partial charge in [-0.15, -0.1) is 0 Å². The smallest absolute Gasteiger partial charge is 0.127 e. The van der Waals surface area contributed by atoms with Gasteiger partial charge in [-0.3, -0.25) is 0 Å². The molecule has 3 aromatic rings. The summed E-state index contributed by atoms with van der Waals surface area (Å²) >= 11 is 0. The van der Waals surface area contributed by atoms with Crippen molar-refractivity contribution in [3.63, 3.8) is 0 Å². The predicted octanol–water partition coefficient (Wildman–Crippen LogP) is 4.59. The van der Waals surface area contributed by atoms with E-state index in [2.05, 4.69) is 53.3 Å². The van der Waals surface area contributed by atoms with Crippen LogP contribution in [0.2, 0.25) is 0 Å². The minimum atomic E-state index is -0.104. The molecule has 2 heteroatoms. The van der Waals surface area contributed by atoms with Crippen LogP contribution in [0.25, 0.3) is 0 Å². The summed E-state index contributed by atoms with van der Waals surface area (Å²) in [6, 6.07) is 24.2. The summed E-state index contributed by atoms with van der Waals surface area (Å²) in [5.74, 6) is 7.39. The Bertz CT molecular complexity index is 797. The average Bonchev–Trinajstić information content (AvgIpc) is 2.61. The molecule has 1 atom stereocenters. The topological polar surface area (TPSA) is 24.9 Å². The highest BCUT2D eigenvalue weighted by atomic mass is 15.0. The lowest BCUT2D eigenvalue weighted by molar-refractivity contribution is 1.00. The minimum absolute atomic E-state index is 0.104. The van der Waals surface area contributed by atoms with Gasteiger partial charge >= 0.3 is 0 Å². The zero-order valence-electron chi connectivity index (χ0n) is 13.0. The standard InChI is InChI=1S/C21H18N2/c1-17-10-12-18(13-11-17)14-15-20(19-7-3-2-4-8-19)23-21-9-5-6-16-22-21/h2-13,16,20H,1H3,(H,22,23). The Morgan fingerprint density at radius 3 is 2.30 bits per heavy atom. The van der Waals surface area contributed by atoms with Crippen LogP contribution in [0, 0.1) is 18.8 Å². The summed E-state index contributed by atoms with van der Waals surface area (Å²) in [6.07, 6.45) is 1.78. The van der Waals surface area contributed by atoms with Crippen molar-refractivity contribution in [2.24, 2.45) is 0 Å². The highest BCUT2D eigenvalue weighted by molar-refractivity contribution is 5.45. The van der Waals surface area contributed by atoms with Crippen molar-refractivity contribution in [1.29, 1.82) is 0 Å². The number of hydrogen-bond acceptors (Lipinski definition) is 2. The van der Waals surface area contributed by atoms with Crippen molar-refractivity contribution < 1.29 is 0 Å². The normalized spacial score (nSPS) is 11.2. The van der Waals surface area contributed by atoms with Crippen molar-refractivity contribution in [3.05, 3.63) is 95.7 Å². The van der Waals surface area contributed by atoms with Crippen LogP contribution >= 0.6 is 0 Å². The Labute approximate surface area is 137 Å². The molecular formula is C21H18N2. The summed E-state index contributed by atoms with van der Waals surface area (Å²) in [4.78, 5) is 4.33. The van der Waals surface area contributed by atoms with Gasteiger partial charge in [0.15, 0.2) is 0 Å². The average molecular weight is 298 g/mol. The third-order valence-electron chi connectivity index (χ3n) is 3.50. The van der Waals surface area contributed by atoms with Crippen LogP contribution in [0.15, 0.2) is 79.0 Å². The van der Waals surface area contributed by atoms with Gasteiger partial charge in [0.25, 0.3) is 0 Å². The van der Waals surface area contributed by atoms with Gasteiger partial charge in [-0.1, -0.05) is 65.9 Å². The lowest BCUT2D eigenvalue weighted by atomic mass is 10.1. The predicted molar refractivity (Wildman–Crippen MR) is 95.1 cm³/mol.